The van der Waals surface area contributed by atoms with Crippen LogP contribution in [0.4, 0.5) is 5.69 Å². The number of nitrogens with zero attached hydrogens (tertiary/aromatic N) is 1. The van der Waals surface area contributed by atoms with Crippen LogP contribution in [0, 0.1) is 20.8 Å². The molecule has 0 saturated heterocycles. The van der Waals surface area contributed by atoms with Crippen LogP contribution in [0.15, 0.2) is 47.3 Å². The molecule has 0 saturated carbocycles. The van der Waals surface area contributed by atoms with E-state index in [2.05, 4.69) is 11.4 Å². The van der Waals surface area contributed by atoms with Crippen LogP contribution in [0.2, 0.25) is 0 Å². The molecule has 5 heteroatoms. The van der Waals surface area contributed by atoms with Gasteiger partial charge in [-0.25, -0.2) is 0 Å². The van der Waals surface area contributed by atoms with Crippen molar-refractivity contribution in [1.82, 2.24) is 4.57 Å². The summed E-state index contributed by atoms with van der Waals surface area (Å²) < 4.78 is 6.94. The first-order chi connectivity index (χ1) is 12.9. The maximum atomic E-state index is 12.6. The second kappa shape index (κ2) is 7.66. The number of anilines is 1. The molecule has 0 aliphatic heterocycles. The van der Waals surface area contributed by atoms with E-state index in [1.54, 1.807) is 34.9 Å². The first-order valence-corrected chi connectivity index (χ1v) is 9.03. The summed E-state index contributed by atoms with van der Waals surface area (Å²) in [6.07, 6.45) is 0. The fourth-order valence-corrected chi connectivity index (χ4v) is 3.37. The Morgan fingerprint density at radius 1 is 1.04 bits per heavy atom. The number of ether oxygens (including phenoxy) is 1. The molecule has 3 rings (SSSR count). The van der Waals surface area contributed by atoms with E-state index in [4.69, 9.17) is 4.74 Å². The standard InChI is InChI=1S/C22H24N2O3/c1-5-27-18-8-6-17(7-9-18)23-20(25)13-24-21(26)12-15(3)19-11-14(2)10-16(4)22(19)24/h6-12H,5,13H2,1-4H3,(H,23,25). The topological polar surface area (TPSA) is 60.3 Å². The van der Waals surface area contributed by atoms with Crippen molar-refractivity contribution in [3.63, 3.8) is 0 Å². The molecule has 0 bridgehead atoms. The lowest BCUT2D eigenvalue weighted by Gasteiger charge is -2.15. The second-order valence-corrected chi connectivity index (χ2v) is 6.74. The predicted octanol–water partition coefficient (Wildman–Crippen LogP) is 3.96. The maximum absolute atomic E-state index is 12.6. The van der Waals surface area contributed by atoms with Crippen LogP contribution >= 0.6 is 0 Å². The van der Waals surface area contributed by atoms with Gasteiger partial charge in [-0.1, -0.05) is 11.6 Å². The van der Waals surface area contributed by atoms with Crippen molar-refractivity contribution in [2.24, 2.45) is 0 Å². The van der Waals surface area contributed by atoms with E-state index in [9.17, 15) is 9.59 Å². The molecule has 0 atom stereocenters. The third-order valence-corrected chi connectivity index (χ3v) is 4.50. The smallest absolute Gasteiger partial charge is 0.251 e. The van der Waals surface area contributed by atoms with Crippen LogP contribution in [0.25, 0.3) is 10.9 Å². The molecule has 0 unspecified atom stereocenters. The van der Waals surface area contributed by atoms with E-state index in [1.165, 1.54) is 0 Å². The predicted molar refractivity (Wildman–Crippen MR) is 109 cm³/mol. The Labute approximate surface area is 158 Å². The highest BCUT2D eigenvalue weighted by molar-refractivity contribution is 5.93. The van der Waals surface area contributed by atoms with Crippen molar-refractivity contribution in [2.45, 2.75) is 34.2 Å². The average molecular weight is 364 g/mol. The maximum Gasteiger partial charge on any atom is 0.251 e. The zero-order valence-corrected chi connectivity index (χ0v) is 16.1. The third kappa shape index (κ3) is 4.03. The first kappa shape index (κ1) is 18.7. The van der Waals surface area contributed by atoms with Crippen molar-refractivity contribution in [3.8, 4) is 5.75 Å². The Morgan fingerprint density at radius 2 is 1.74 bits per heavy atom. The minimum Gasteiger partial charge on any atom is -0.494 e. The number of benzene rings is 2. The van der Waals surface area contributed by atoms with Crippen molar-refractivity contribution >= 4 is 22.5 Å². The number of hydrogen-bond donors (Lipinski definition) is 1. The summed E-state index contributed by atoms with van der Waals surface area (Å²) in [6, 6.07) is 12.9. The van der Waals surface area contributed by atoms with Gasteiger partial charge in [0.15, 0.2) is 0 Å². The van der Waals surface area contributed by atoms with Gasteiger partial charge in [-0.2, -0.15) is 0 Å². The lowest BCUT2D eigenvalue weighted by atomic mass is 10.0. The average Bonchev–Trinajstić information content (AvgIpc) is 2.60. The summed E-state index contributed by atoms with van der Waals surface area (Å²) in [4.78, 5) is 25.1. The second-order valence-electron chi connectivity index (χ2n) is 6.74. The Balaban J connectivity index is 1.90. The zero-order chi connectivity index (χ0) is 19.6. The number of pyridine rings is 1. The summed E-state index contributed by atoms with van der Waals surface area (Å²) in [7, 11) is 0. The zero-order valence-electron chi connectivity index (χ0n) is 16.1. The molecule has 1 amide bonds. The Morgan fingerprint density at radius 3 is 2.41 bits per heavy atom. The largest absolute Gasteiger partial charge is 0.494 e. The molecule has 0 aliphatic carbocycles. The van der Waals surface area contributed by atoms with E-state index in [0.717, 1.165) is 33.3 Å². The van der Waals surface area contributed by atoms with Gasteiger partial charge in [-0.05, 0) is 69.2 Å². The van der Waals surface area contributed by atoms with E-state index in [0.29, 0.717) is 12.3 Å². The fourth-order valence-electron chi connectivity index (χ4n) is 3.37. The molecule has 5 nitrogen and oxygen atoms in total. The molecular formula is C22H24N2O3. The number of fused-ring (bicyclic) bond motifs is 1. The Kier molecular flexibility index (Phi) is 5.31. The monoisotopic (exact) mass is 364 g/mol. The molecule has 0 radical (unpaired) electrons. The van der Waals surface area contributed by atoms with Crippen LogP contribution < -0.4 is 15.6 Å². The van der Waals surface area contributed by atoms with Crippen molar-refractivity contribution in [1.29, 1.82) is 0 Å². The first-order valence-electron chi connectivity index (χ1n) is 9.03. The van der Waals surface area contributed by atoms with Gasteiger partial charge in [0, 0.05) is 17.1 Å². The van der Waals surface area contributed by atoms with Crippen LogP contribution in [0.1, 0.15) is 23.6 Å². The molecule has 2 aromatic carbocycles. The number of aromatic nitrogens is 1. The van der Waals surface area contributed by atoms with Gasteiger partial charge in [0.1, 0.15) is 12.3 Å². The minimum atomic E-state index is -0.244. The fraction of sp³-hybridized carbons (Fsp3) is 0.273. The number of aryl methyl sites for hydroxylation is 3. The van der Waals surface area contributed by atoms with Gasteiger partial charge in [0.05, 0.1) is 12.1 Å². The van der Waals surface area contributed by atoms with Gasteiger partial charge in [0.2, 0.25) is 5.91 Å². The molecule has 1 aromatic heterocycles. The summed E-state index contributed by atoms with van der Waals surface area (Å²) in [5, 5.41) is 3.84. The summed E-state index contributed by atoms with van der Waals surface area (Å²) in [5.74, 6) is 0.508. The van der Waals surface area contributed by atoms with Crippen molar-refractivity contribution < 1.29 is 9.53 Å². The quantitative estimate of drug-likeness (QED) is 0.745. The summed E-state index contributed by atoms with van der Waals surface area (Å²) in [5.41, 5.74) is 4.35. The van der Waals surface area contributed by atoms with Gasteiger partial charge in [-0.15, -0.1) is 0 Å². The van der Waals surface area contributed by atoms with E-state index in [1.807, 2.05) is 33.8 Å². The summed E-state index contributed by atoms with van der Waals surface area (Å²) in [6.45, 7) is 8.39. The lowest BCUT2D eigenvalue weighted by molar-refractivity contribution is -0.116. The number of carbonyl (C=O) groups is 1. The molecule has 27 heavy (non-hydrogen) atoms. The van der Waals surface area contributed by atoms with Crippen LogP contribution in [-0.2, 0) is 11.3 Å². The van der Waals surface area contributed by atoms with Crippen molar-refractivity contribution in [2.75, 3.05) is 11.9 Å². The summed E-state index contributed by atoms with van der Waals surface area (Å²) >= 11 is 0. The van der Waals surface area contributed by atoms with Crippen LogP contribution in [-0.4, -0.2) is 17.1 Å². The minimum absolute atomic E-state index is 0.0350. The molecule has 1 N–H and O–H groups in total. The number of nitrogens with one attached hydrogen (secondary N) is 1. The normalized spacial score (nSPS) is 10.8. The molecule has 3 aromatic rings. The molecule has 140 valence electrons. The number of carbonyl (C=O) groups excluding carboxylic acids is 1. The molecule has 0 spiro atoms. The highest BCUT2D eigenvalue weighted by Gasteiger charge is 2.13. The molecular weight excluding hydrogens is 340 g/mol. The van der Waals surface area contributed by atoms with Crippen molar-refractivity contribution in [3.05, 3.63) is 69.5 Å². The van der Waals surface area contributed by atoms with Crippen LogP contribution in [0.5, 0.6) is 5.75 Å². The molecule has 1 heterocycles. The third-order valence-electron chi connectivity index (χ3n) is 4.50. The molecule has 0 aliphatic rings. The van der Waals surface area contributed by atoms with Gasteiger partial charge in [0.25, 0.3) is 5.56 Å². The van der Waals surface area contributed by atoms with Gasteiger partial charge < -0.3 is 10.1 Å². The number of hydrogen-bond acceptors (Lipinski definition) is 3. The molecule has 0 fully saturated rings. The highest BCUT2D eigenvalue weighted by atomic mass is 16.5. The Bertz CT molecular complexity index is 1050. The highest BCUT2D eigenvalue weighted by Crippen LogP contribution is 2.22. The lowest BCUT2D eigenvalue weighted by Crippen LogP contribution is -2.28. The number of rotatable bonds is 5. The van der Waals surface area contributed by atoms with Gasteiger partial charge >= 0.3 is 0 Å². The van der Waals surface area contributed by atoms with E-state index >= 15 is 0 Å². The SMILES string of the molecule is CCOc1ccc(NC(=O)Cn2c(=O)cc(C)c3cc(C)cc(C)c32)cc1. The van der Waals surface area contributed by atoms with Gasteiger partial charge in [-0.3, -0.25) is 14.2 Å². The van der Waals surface area contributed by atoms with E-state index in [-0.39, 0.29) is 18.0 Å². The van der Waals surface area contributed by atoms with Crippen LogP contribution in [0.3, 0.4) is 0 Å². The Hall–Kier alpha value is -3.08. The van der Waals surface area contributed by atoms with E-state index < -0.39 is 0 Å². The number of amides is 1.